The Morgan fingerprint density at radius 3 is 2.78 bits per heavy atom. The van der Waals surface area contributed by atoms with Gasteiger partial charge in [0, 0.05) is 12.5 Å². The monoisotopic (exact) mass is 313 g/mol. The Kier molecular flexibility index (Phi) is 3.98. The zero-order valence-electron chi connectivity index (χ0n) is 13.4. The van der Waals surface area contributed by atoms with Crippen molar-refractivity contribution >= 4 is 5.91 Å². The second-order valence-electron chi connectivity index (χ2n) is 6.57. The summed E-state index contributed by atoms with van der Waals surface area (Å²) in [5, 5.41) is 0. The Bertz CT molecular complexity index is 625. The summed E-state index contributed by atoms with van der Waals surface area (Å²) in [4.78, 5) is 15.0. The number of benzene rings is 1. The molecule has 122 valence electrons. The third kappa shape index (κ3) is 2.82. The molecule has 2 atom stereocenters. The van der Waals surface area contributed by atoms with Gasteiger partial charge in [0.15, 0.2) is 11.5 Å². The molecule has 0 spiro atoms. The van der Waals surface area contributed by atoms with Gasteiger partial charge in [-0.3, -0.25) is 4.79 Å². The number of fused-ring (bicyclic) bond motifs is 1. The summed E-state index contributed by atoms with van der Waals surface area (Å²) in [7, 11) is 0. The minimum atomic E-state index is 0.165. The number of hydrogen-bond donors (Lipinski definition) is 0. The molecule has 0 aromatic heterocycles. The number of ether oxygens (including phenoxy) is 2. The van der Waals surface area contributed by atoms with Crippen molar-refractivity contribution in [1.29, 1.82) is 0 Å². The smallest absolute Gasteiger partial charge is 0.226 e. The summed E-state index contributed by atoms with van der Waals surface area (Å²) in [6, 6.07) is 6.31. The molecule has 2 heterocycles. The number of likely N-dealkylation sites (tertiary alicyclic amines) is 1. The summed E-state index contributed by atoms with van der Waals surface area (Å²) in [5.41, 5.74) is 1.17. The second kappa shape index (κ2) is 6.26. The van der Waals surface area contributed by atoms with Crippen LogP contribution in [0.15, 0.2) is 30.4 Å². The minimum absolute atomic E-state index is 0.165. The van der Waals surface area contributed by atoms with Gasteiger partial charge in [0.1, 0.15) is 13.2 Å². The number of allylic oxidation sites excluding steroid dienone is 2. The van der Waals surface area contributed by atoms with E-state index < -0.39 is 0 Å². The summed E-state index contributed by atoms with van der Waals surface area (Å²) < 4.78 is 11.3. The second-order valence-corrected chi connectivity index (χ2v) is 6.57. The summed E-state index contributed by atoms with van der Waals surface area (Å²) in [6.45, 7) is 2.08. The van der Waals surface area contributed by atoms with Crippen molar-refractivity contribution in [1.82, 2.24) is 4.90 Å². The van der Waals surface area contributed by atoms with Crippen molar-refractivity contribution in [2.24, 2.45) is 5.92 Å². The maximum absolute atomic E-state index is 12.9. The van der Waals surface area contributed by atoms with E-state index in [4.69, 9.17) is 9.47 Å². The van der Waals surface area contributed by atoms with Gasteiger partial charge in [0.05, 0.1) is 6.04 Å². The van der Waals surface area contributed by atoms with Crippen molar-refractivity contribution in [2.45, 2.75) is 38.1 Å². The normalized spacial score (nSPS) is 26.3. The molecule has 0 N–H and O–H groups in total. The van der Waals surface area contributed by atoms with E-state index in [1.165, 1.54) is 5.56 Å². The Balaban J connectivity index is 1.55. The molecule has 2 aliphatic heterocycles. The van der Waals surface area contributed by atoms with E-state index in [0.717, 1.165) is 50.1 Å². The molecule has 4 nitrogen and oxygen atoms in total. The molecule has 1 aliphatic carbocycles. The number of amides is 1. The summed E-state index contributed by atoms with van der Waals surface area (Å²) in [5.74, 6) is 2.12. The largest absolute Gasteiger partial charge is 0.486 e. The highest BCUT2D eigenvalue weighted by molar-refractivity contribution is 5.80. The van der Waals surface area contributed by atoms with Gasteiger partial charge in [-0.1, -0.05) is 18.2 Å². The molecule has 3 aliphatic rings. The predicted octanol–water partition coefficient (Wildman–Crippen LogP) is 3.48. The third-order valence-electron chi connectivity index (χ3n) is 5.11. The van der Waals surface area contributed by atoms with Gasteiger partial charge < -0.3 is 14.4 Å². The molecule has 0 saturated carbocycles. The lowest BCUT2D eigenvalue weighted by Crippen LogP contribution is -2.36. The van der Waals surface area contributed by atoms with Gasteiger partial charge in [-0.2, -0.15) is 0 Å². The highest BCUT2D eigenvalue weighted by atomic mass is 16.6. The van der Waals surface area contributed by atoms with Crippen LogP contribution in [0.4, 0.5) is 0 Å². The standard InChI is InChI=1S/C19H23NO3/c21-19(14-5-2-1-3-6-14)20-10-4-7-16(20)15-8-9-17-18(13-15)23-12-11-22-17/h1-2,8-9,13-14,16H,3-7,10-12H2/t14-,16-/m0/s1. The Morgan fingerprint density at radius 1 is 1.09 bits per heavy atom. The maximum atomic E-state index is 12.9. The lowest BCUT2D eigenvalue weighted by Gasteiger charge is -2.30. The van der Waals surface area contributed by atoms with Crippen LogP contribution < -0.4 is 9.47 Å². The summed E-state index contributed by atoms with van der Waals surface area (Å²) >= 11 is 0. The van der Waals surface area contributed by atoms with Gasteiger partial charge in [0.25, 0.3) is 0 Å². The van der Waals surface area contributed by atoms with E-state index in [1.807, 2.05) is 6.07 Å². The van der Waals surface area contributed by atoms with Gasteiger partial charge in [0.2, 0.25) is 5.91 Å². The predicted molar refractivity (Wildman–Crippen MR) is 87.6 cm³/mol. The molecule has 0 unspecified atom stereocenters. The van der Waals surface area contributed by atoms with Gasteiger partial charge >= 0.3 is 0 Å². The molecule has 4 heteroatoms. The first-order valence-electron chi connectivity index (χ1n) is 8.68. The Hall–Kier alpha value is -1.97. The van der Waals surface area contributed by atoms with Crippen LogP contribution in [-0.2, 0) is 4.79 Å². The van der Waals surface area contributed by atoms with E-state index in [9.17, 15) is 4.79 Å². The molecule has 1 saturated heterocycles. The maximum Gasteiger partial charge on any atom is 0.226 e. The summed E-state index contributed by atoms with van der Waals surface area (Å²) in [6.07, 6.45) is 9.36. The van der Waals surface area contributed by atoms with E-state index in [-0.39, 0.29) is 12.0 Å². The lowest BCUT2D eigenvalue weighted by atomic mass is 9.92. The number of hydrogen-bond acceptors (Lipinski definition) is 3. The Morgan fingerprint density at radius 2 is 1.96 bits per heavy atom. The minimum Gasteiger partial charge on any atom is -0.486 e. The molecule has 1 fully saturated rings. The van der Waals surface area contributed by atoms with Crippen LogP contribution in [0.25, 0.3) is 0 Å². The van der Waals surface area contributed by atoms with Crippen LogP contribution in [0, 0.1) is 5.92 Å². The zero-order chi connectivity index (χ0) is 15.6. The average Bonchev–Trinajstić information content (AvgIpc) is 3.11. The number of carbonyl (C=O) groups excluding carboxylic acids is 1. The first-order valence-corrected chi connectivity index (χ1v) is 8.68. The molecule has 4 rings (SSSR count). The molecular weight excluding hydrogens is 290 g/mol. The topological polar surface area (TPSA) is 38.8 Å². The number of rotatable bonds is 2. The Labute approximate surface area is 137 Å². The molecule has 23 heavy (non-hydrogen) atoms. The van der Waals surface area contributed by atoms with E-state index in [2.05, 4.69) is 29.2 Å². The van der Waals surface area contributed by atoms with Crippen LogP contribution in [0.1, 0.15) is 43.7 Å². The van der Waals surface area contributed by atoms with Crippen LogP contribution in [-0.4, -0.2) is 30.6 Å². The van der Waals surface area contributed by atoms with Crippen LogP contribution in [0.5, 0.6) is 11.5 Å². The molecule has 0 bridgehead atoms. The lowest BCUT2D eigenvalue weighted by molar-refractivity contribution is -0.136. The number of nitrogens with zero attached hydrogens (tertiary/aromatic N) is 1. The van der Waals surface area contributed by atoms with Gasteiger partial charge in [-0.15, -0.1) is 0 Å². The highest BCUT2D eigenvalue weighted by Gasteiger charge is 2.34. The highest BCUT2D eigenvalue weighted by Crippen LogP contribution is 2.39. The van der Waals surface area contributed by atoms with Crippen LogP contribution in [0.2, 0.25) is 0 Å². The van der Waals surface area contributed by atoms with Crippen LogP contribution >= 0.6 is 0 Å². The molecule has 1 amide bonds. The van der Waals surface area contributed by atoms with Crippen molar-refractivity contribution in [3.05, 3.63) is 35.9 Å². The fourth-order valence-corrected chi connectivity index (χ4v) is 3.90. The fraction of sp³-hybridized carbons (Fsp3) is 0.526. The van der Waals surface area contributed by atoms with Crippen LogP contribution in [0.3, 0.4) is 0 Å². The zero-order valence-corrected chi connectivity index (χ0v) is 13.4. The molecular formula is C19H23NO3. The van der Waals surface area contributed by atoms with E-state index in [0.29, 0.717) is 19.1 Å². The molecule has 1 aromatic carbocycles. The van der Waals surface area contributed by atoms with E-state index in [1.54, 1.807) is 0 Å². The number of carbonyl (C=O) groups is 1. The van der Waals surface area contributed by atoms with E-state index >= 15 is 0 Å². The third-order valence-corrected chi connectivity index (χ3v) is 5.11. The molecule has 0 radical (unpaired) electrons. The van der Waals surface area contributed by atoms with Gasteiger partial charge in [-0.25, -0.2) is 0 Å². The van der Waals surface area contributed by atoms with Crippen molar-refractivity contribution in [3.8, 4) is 11.5 Å². The SMILES string of the molecule is O=C([C@H]1CC=CCC1)N1CCC[C@H]1c1ccc2c(c1)OCCO2. The van der Waals surface area contributed by atoms with Crippen molar-refractivity contribution < 1.29 is 14.3 Å². The first kappa shape index (κ1) is 14.6. The first-order chi connectivity index (χ1) is 11.3. The van der Waals surface area contributed by atoms with Crippen molar-refractivity contribution in [2.75, 3.05) is 19.8 Å². The van der Waals surface area contributed by atoms with Crippen molar-refractivity contribution in [3.63, 3.8) is 0 Å². The molecule has 1 aromatic rings. The average molecular weight is 313 g/mol. The van der Waals surface area contributed by atoms with Gasteiger partial charge in [-0.05, 0) is 49.8 Å². The quantitative estimate of drug-likeness (QED) is 0.785. The fourth-order valence-electron chi connectivity index (χ4n) is 3.90.